The molecule has 0 bridgehead atoms. The highest BCUT2D eigenvalue weighted by molar-refractivity contribution is 7.95. The molecule has 0 radical (unpaired) electrons. The zero-order chi connectivity index (χ0) is 27.1. The predicted octanol–water partition coefficient (Wildman–Crippen LogP) is 4.89. The van der Waals surface area contributed by atoms with Crippen LogP contribution in [0, 0.1) is 6.92 Å². The van der Waals surface area contributed by atoms with Gasteiger partial charge in [-0.1, -0.05) is 44.0 Å². The van der Waals surface area contributed by atoms with Crippen LogP contribution in [0.2, 0.25) is 0 Å². The van der Waals surface area contributed by atoms with Gasteiger partial charge in [0.15, 0.2) is 5.76 Å². The first-order chi connectivity index (χ1) is 15.7. The Labute approximate surface area is 200 Å². The van der Waals surface area contributed by atoms with E-state index in [0.717, 1.165) is 12.0 Å². The Morgan fingerprint density at radius 3 is 1.68 bits per heavy atom. The maximum absolute atomic E-state index is 12.3. The minimum atomic E-state index is -3.71. The Balaban J connectivity index is 0. The van der Waals surface area contributed by atoms with E-state index in [1.54, 1.807) is 39.0 Å². The molecule has 0 fully saturated rings. The SMILES string of the molecule is C/C=C(\C)C(=O)O.CC/C(=C(/C)C(=O)O)S(=O)(=O)c1ccc(C)cc1.CCC/C=C(\O)C(=O)O. The van der Waals surface area contributed by atoms with Crippen molar-refractivity contribution in [3.05, 3.63) is 63.8 Å². The fourth-order valence-corrected chi connectivity index (χ4v) is 3.78. The summed E-state index contributed by atoms with van der Waals surface area (Å²) in [4.78, 5) is 30.7. The number of carboxylic acids is 3. The van der Waals surface area contributed by atoms with Crippen LogP contribution in [0.5, 0.6) is 0 Å². The van der Waals surface area contributed by atoms with Crippen LogP contribution in [0.15, 0.2) is 63.1 Å². The molecule has 0 unspecified atom stereocenters. The molecule has 190 valence electrons. The van der Waals surface area contributed by atoms with Crippen LogP contribution in [-0.4, -0.2) is 46.8 Å². The Hall–Kier alpha value is -3.40. The Bertz CT molecular complexity index is 1030. The van der Waals surface area contributed by atoms with Crippen molar-refractivity contribution in [1.82, 2.24) is 0 Å². The summed E-state index contributed by atoms with van der Waals surface area (Å²) in [5.41, 5.74) is 1.21. The molecule has 0 saturated heterocycles. The summed E-state index contributed by atoms with van der Waals surface area (Å²) in [6, 6.07) is 6.37. The lowest BCUT2D eigenvalue weighted by Crippen LogP contribution is -2.10. The summed E-state index contributed by atoms with van der Waals surface area (Å²) in [6.07, 6.45) is 4.47. The average molecular weight is 499 g/mol. The van der Waals surface area contributed by atoms with Crippen molar-refractivity contribution < 1.29 is 43.2 Å². The minimum Gasteiger partial charge on any atom is -0.502 e. The topological polar surface area (TPSA) is 166 Å². The number of aliphatic hydroxyl groups is 1. The Morgan fingerprint density at radius 1 is 0.882 bits per heavy atom. The number of carboxylic acid groups (broad SMARTS) is 3. The summed E-state index contributed by atoms with van der Waals surface area (Å²) in [5.74, 6) is -3.87. The van der Waals surface area contributed by atoms with Crippen LogP contribution in [0.1, 0.15) is 59.4 Å². The number of unbranched alkanes of at least 4 members (excludes halogenated alkanes) is 1. The van der Waals surface area contributed by atoms with E-state index < -0.39 is 33.5 Å². The third-order valence-corrected chi connectivity index (χ3v) is 6.47. The van der Waals surface area contributed by atoms with Gasteiger partial charge in [-0.05, 0) is 58.7 Å². The molecule has 1 aromatic carbocycles. The van der Waals surface area contributed by atoms with Crippen LogP contribution in [0.4, 0.5) is 0 Å². The fourth-order valence-electron chi connectivity index (χ4n) is 2.13. The van der Waals surface area contributed by atoms with Gasteiger partial charge in [-0.2, -0.15) is 0 Å². The van der Waals surface area contributed by atoms with Crippen LogP contribution < -0.4 is 0 Å². The van der Waals surface area contributed by atoms with E-state index in [-0.39, 0.29) is 21.8 Å². The van der Waals surface area contributed by atoms with Crippen LogP contribution in [0.3, 0.4) is 0 Å². The highest BCUT2D eigenvalue weighted by Crippen LogP contribution is 2.25. The molecule has 0 atom stereocenters. The second-order valence-electron chi connectivity index (χ2n) is 6.98. The van der Waals surface area contributed by atoms with Gasteiger partial charge in [-0.25, -0.2) is 22.8 Å². The number of allylic oxidation sites excluding steroid dienone is 3. The van der Waals surface area contributed by atoms with Gasteiger partial charge >= 0.3 is 17.9 Å². The number of aliphatic carboxylic acids is 3. The molecule has 0 heterocycles. The average Bonchev–Trinajstić information content (AvgIpc) is 2.77. The fraction of sp³-hybridized carbons (Fsp3) is 0.375. The lowest BCUT2D eigenvalue weighted by Gasteiger charge is -2.09. The Morgan fingerprint density at radius 2 is 1.38 bits per heavy atom. The van der Waals surface area contributed by atoms with E-state index in [1.165, 1.54) is 25.1 Å². The normalized spacial score (nSPS) is 12.3. The van der Waals surface area contributed by atoms with Crippen molar-refractivity contribution in [3.63, 3.8) is 0 Å². The molecular formula is C24H34O9S. The number of carbonyl (C=O) groups is 3. The predicted molar refractivity (Wildman–Crippen MR) is 129 cm³/mol. The second kappa shape index (κ2) is 16.2. The summed E-state index contributed by atoms with van der Waals surface area (Å²) in [5, 5.41) is 33.6. The van der Waals surface area contributed by atoms with Crippen LogP contribution >= 0.6 is 0 Å². The first-order valence-corrected chi connectivity index (χ1v) is 11.9. The lowest BCUT2D eigenvalue weighted by molar-refractivity contribution is -0.135. The standard InChI is InChI=1S/C13H16O4S.C6H10O3.C5H8O2/c1-4-12(10(3)13(14)15)18(16,17)11-7-5-9(2)6-8-11;1-2-3-4-5(7)6(8)9;1-3-4(2)5(6)7/h5-8H,4H2,1-3H3,(H,14,15);4,7H,2-3H2,1H3,(H,8,9);3H,1-2H3,(H,6,7)/b12-10+;5-4-;4-3+. The van der Waals surface area contributed by atoms with Crippen molar-refractivity contribution in [2.24, 2.45) is 0 Å². The lowest BCUT2D eigenvalue weighted by atomic mass is 10.2. The van der Waals surface area contributed by atoms with Gasteiger partial charge in [0.1, 0.15) is 0 Å². The van der Waals surface area contributed by atoms with Crippen molar-refractivity contribution in [1.29, 1.82) is 0 Å². The van der Waals surface area contributed by atoms with Gasteiger partial charge < -0.3 is 20.4 Å². The number of sulfone groups is 1. The van der Waals surface area contributed by atoms with Crippen LogP contribution in [-0.2, 0) is 24.2 Å². The molecule has 0 aliphatic carbocycles. The zero-order valence-corrected chi connectivity index (χ0v) is 21.1. The van der Waals surface area contributed by atoms with Gasteiger partial charge in [-0.3, -0.25) is 0 Å². The molecule has 34 heavy (non-hydrogen) atoms. The van der Waals surface area contributed by atoms with E-state index in [1.807, 2.05) is 13.8 Å². The monoisotopic (exact) mass is 498 g/mol. The van der Waals surface area contributed by atoms with Gasteiger partial charge in [0.25, 0.3) is 0 Å². The molecule has 1 aromatic rings. The smallest absolute Gasteiger partial charge is 0.370 e. The third-order valence-electron chi connectivity index (χ3n) is 4.33. The number of hydrogen-bond acceptors (Lipinski definition) is 6. The van der Waals surface area contributed by atoms with E-state index >= 15 is 0 Å². The van der Waals surface area contributed by atoms with Crippen LogP contribution in [0.25, 0.3) is 0 Å². The van der Waals surface area contributed by atoms with Gasteiger partial charge in [-0.15, -0.1) is 0 Å². The first-order valence-electron chi connectivity index (χ1n) is 10.4. The van der Waals surface area contributed by atoms with Crippen molar-refractivity contribution in [3.8, 4) is 0 Å². The molecule has 0 aromatic heterocycles. The number of benzene rings is 1. The number of aliphatic hydroxyl groups excluding tert-OH is 1. The Kier molecular flexibility index (Phi) is 15.7. The molecule has 0 aliphatic heterocycles. The third kappa shape index (κ3) is 12.0. The summed E-state index contributed by atoms with van der Waals surface area (Å²) in [7, 11) is -3.71. The summed E-state index contributed by atoms with van der Waals surface area (Å²) < 4.78 is 24.6. The molecular weight excluding hydrogens is 464 g/mol. The van der Waals surface area contributed by atoms with Gasteiger partial charge in [0.2, 0.25) is 9.84 Å². The van der Waals surface area contributed by atoms with E-state index in [2.05, 4.69) is 0 Å². The molecule has 4 N–H and O–H groups in total. The molecule has 0 aliphatic rings. The van der Waals surface area contributed by atoms with Crippen molar-refractivity contribution in [2.75, 3.05) is 0 Å². The maximum atomic E-state index is 12.3. The summed E-state index contributed by atoms with van der Waals surface area (Å²) in [6.45, 7) is 9.97. The minimum absolute atomic E-state index is 0.0427. The molecule has 0 saturated carbocycles. The maximum Gasteiger partial charge on any atom is 0.370 e. The number of hydrogen-bond donors (Lipinski definition) is 4. The van der Waals surface area contributed by atoms with Crippen molar-refractivity contribution >= 4 is 27.7 Å². The number of rotatable bonds is 8. The first kappa shape index (κ1) is 32.8. The van der Waals surface area contributed by atoms with Gasteiger partial charge in [0, 0.05) is 11.1 Å². The highest BCUT2D eigenvalue weighted by Gasteiger charge is 2.23. The second-order valence-corrected chi connectivity index (χ2v) is 8.95. The molecule has 10 heteroatoms. The van der Waals surface area contributed by atoms with E-state index in [0.29, 0.717) is 12.0 Å². The van der Waals surface area contributed by atoms with E-state index in [4.69, 9.17) is 20.4 Å². The molecule has 1 rings (SSSR count). The summed E-state index contributed by atoms with van der Waals surface area (Å²) >= 11 is 0. The van der Waals surface area contributed by atoms with E-state index in [9.17, 15) is 22.8 Å². The number of aryl methyl sites for hydroxylation is 1. The quantitative estimate of drug-likeness (QED) is 0.288. The highest BCUT2D eigenvalue weighted by atomic mass is 32.2. The zero-order valence-electron chi connectivity index (χ0n) is 20.3. The molecule has 9 nitrogen and oxygen atoms in total. The molecule has 0 amide bonds. The largest absolute Gasteiger partial charge is 0.502 e. The van der Waals surface area contributed by atoms with Gasteiger partial charge in [0.05, 0.1) is 9.80 Å². The molecule has 0 spiro atoms. The van der Waals surface area contributed by atoms with Crippen molar-refractivity contribution in [2.45, 2.75) is 65.7 Å².